The van der Waals surface area contributed by atoms with Gasteiger partial charge in [0.2, 0.25) is 0 Å². The Balaban J connectivity index is 1.78. The number of H-pyrrole nitrogens is 1. The summed E-state index contributed by atoms with van der Waals surface area (Å²) in [5.41, 5.74) is 0.453. The van der Waals surface area contributed by atoms with Gasteiger partial charge in [-0.3, -0.25) is 4.57 Å². The fourth-order valence-electron chi connectivity index (χ4n) is 1.80. The summed E-state index contributed by atoms with van der Waals surface area (Å²) in [5, 5.41) is 7.08. The molecule has 2 aromatic rings. The number of nitrogens with zero attached hydrogens (tertiary/aromatic N) is 2. The molecule has 0 aliphatic heterocycles. The van der Waals surface area contributed by atoms with Crippen LogP contribution < -0.4 is 5.69 Å². The van der Waals surface area contributed by atoms with Gasteiger partial charge in [0.25, 0.3) is 0 Å². The zero-order chi connectivity index (χ0) is 12.5. The van der Waals surface area contributed by atoms with E-state index < -0.39 is 0 Å². The first-order chi connectivity index (χ1) is 8.75. The maximum Gasteiger partial charge on any atom is 0.344 e. The summed E-state index contributed by atoms with van der Waals surface area (Å²) in [7, 11) is 0. The second kappa shape index (κ2) is 4.61. The molecule has 18 heavy (non-hydrogen) atoms. The van der Waals surface area contributed by atoms with Gasteiger partial charge in [0.05, 0.1) is 0 Å². The second-order valence-corrected chi connectivity index (χ2v) is 5.24. The molecule has 1 fully saturated rings. The fraction of sp³-hybridized carbons (Fsp3) is 0.333. The van der Waals surface area contributed by atoms with Crippen LogP contribution in [0.25, 0.3) is 0 Å². The van der Waals surface area contributed by atoms with Gasteiger partial charge in [-0.2, -0.15) is 0 Å². The van der Waals surface area contributed by atoms with E-state index in [2.05, 4.69) is 10.2 Å². The number of halogens is 1. The Morgan fingerprint density at radius 2 is 2.22 bits per heavy atom. The quantitative estimate of drug-likeness (QED) is 0.863. The van der Waals surface area contributed by atoms with E-state index in [9.17, 15) is 9.18 Å². The SMILES string of the molecule is O=c1[nH]nc(SCc2ccccc2F)n1C1CC1. The smallest absolute Gasteiger partial charge is 0.267 e. The predicted octanol–water partition coefficient (Wildman–Crippen LogP) is 2.34. The molecule has 1 heterocycles. The summed E-state index contributed by atoms with van der Waals surface area (Å²) in [6.07, 6.45) is 2.04. The third-order valence-corrected chi connectivity index (χ3v) is 3.90. The second-order valence-electron chi connectivity index (χ2n) is 4.29. The average Bonchev–Trinajstić information content (AvgIpc) is 3.13. The molecule has 1 aromatic heterocycles. The molecule has 0 spiro atoms. The molecule has 1 N–H and O–H groups in total. The monoisotopic (exact) mass is 265 g/mol. The van der Waals surface area contributed by atoms with Gasteiger partial charge in [0, 0.05) is 11.8 Å². The summed E-state index contributed by atoms with van der Waals surface area (Å²) in [6, 6.07) is 6.93. The van der Waals surface area contributed by atoms with E-state index in [1.165, 1.54) is 17.8 Å². The third kappa shape index (κ3) is 2.20. The highest BCUT2D eigenvalue weighted by Crippen LogP contribution is 2.36. The van der Waals surface area contributed by atoms with Crippen LogP contribution in [0.5, 0.6) is 0 Å². The van der Waals surface area contributed by atoms with Crippen LogP contribution in [0.3, 0.4) is 0 Å². The fourth-order valence-corrected chi connectivity index (χ4v) is 2.80. The number of rotatable bonds is 4. The van der Waals surface area contributed by atoms with E-state index in [0.29, 0.717) is 16.5 Å². The molecule has 0 unspecified atom stereocenters. The van der Waals surface area contributed by atoms with Gasteiger partial charge < -0.3 is 0 Å². The van der Waals surface area contributed by atoms with E-state index in [0.717, 1.165) is 12.8 Å². The van der Waals surface area contributed by atoms with E-state index in [1.54, 1.807) is 22.8 Å². The highest BCUT2D eigenvalue weighted by molar-refractivity contribution is 7.98. The number of hydrogen-bond acceptors (Lipinski definition) is 3. The van der Waals surface area contributed by atoms with Crippen molar-refractivity contribution in [2.75, 3.05) is 0 Å². The van der Waals surface area contributed by atoms with Crippen LogP contribution >= 0.6 is 11.8 Å². The van der Waals surface area contributed by atoms with Crippen molar-refractivity contribution < 1.29 is 4.39 Å². The Morgan fingerprint density at radius 1 is 1.44 bits per heavy atom. The number of benzene rings is 1. The van der Waals surface area contributed by atoms with Crippen molar-refractivity contribution >= 4 is 11.8 Å². The first-order valence-electron chi connectivity index (χ1n) is 5.79. The summed E-state index contributed by atoms with van der Waals surface area (Å²) >= 11 is 1.38. The lowest BCUT2D eigenvalue weighted by atomic mass is 10.2. The van der Waals surface area contributed by atoms with Crippen molar-refractivity contribution in [2.24, 2.45) is 0 Å². The standard InChI is InChI=1S/C12H12FN3OS/c13-10-4-2-1-3-8(10)7-18-12-15-14-11(17)16(12)9-5-6-9/h1-4,9H,5-7H2,(H,14,17). The normalized spacial score (nSPS) is 14.9. The molecule has 1 aliphatic carbocycles. The van der Waals surface area contributed by atoms with Crippen molar-refractivity contribution in [3.8, 4) is 0 Å². The van der Waals surface area contributed by atoms with Gasteiger partial charge in [0.1, 0.15) is 5.82 Å². The molecule has 1 saturated carbocycles. The first-order valence-corrected chi connectivity index (χ1v) is 6.77. The minimum Gasteiger partial charge on any atom is -0.267 e. The van der Waals surface area contributed by atoms with E-state index >= 15 is 0 Å². The Kier molecular flexibility index (Phi) is 2.95. The lowest BCUT2D eigenvalue weighted by Gasteiger charge is -2.04. The molecule has 94 valence electrons. The third-order valence-electron chi connectivity index (χ3n) is 2.90. The van der Waals surface area contributed by atoms with Crippen LogP contribution in [0.4, 0.5) is 4.39 Å². The van der Waals surface area contributed by atoms with Gasteiger partial charge in [-0.1, -0.05) is 30.0 Å². The molecule has 6 heteroatoms. The number of thioether (sulfide) groups is 1. The van der Waals surface area contributed by atoms with Gasteiger partial charge in [0.15, 0.2) is 5.16 Å². The molecule has 1 aromatic carbocycles. The minimum atomic E-state index is -0.221. The molecule has 1 aliphatic rings. The highest BCUT2D eigenvalue weighted by atomic mass is 32.2. The van der Waals surface area contributed by atoms with Crippen LogP contribution in [-0.4, -0.2) is 14.8 Å². The van der Waals surface area contributed by atoms with E-state index in [-0.39, 0.29) is 17.5 Å². The van der Waals surface area contributed by atoms with Crippen LogP contribution in [0, 0.1) is 5.82 Å². The van der Waals surface area contributed by atoms with E-state index in [4.69, 9.17) is 0 Å². The van der Waals surface area contributed by atoms with Gasteiger partial charge in [-0.05, 0) is 24.5 Å². The molecule has 0 bridgehead atoms. The zero-order valence-electron chi connectivity index (χ0n) is 9.60. The number of hydrogen-bond donors (Lipinski definition) is 1. The number of aromatic amines is 1. The molecule has 4 nitrogen and oxygen atoms in total. The summed E-state index contributed by atoms with van der Waals surface area (Å²) in [4.78, 5) is 11.6. The van der Waals surface area contributed by atoms with Crippen molar-refractivity contribution in [3.63, 3.8) is 0 Å². The molecule has 3 rings (SSSR count). The van der Waals surface area contributed by atoms with Gasteiger partial charge >= 0.3 is 5.69 Å². The molecular formula is C12H12FN3OS. The Hall–Kier alpha value is -1.56. The Bertz CT molecular complexity index is 618. The van der Waals surface area contributed by atoms with Crippen LogP contribution in [0.2, 0.25) is 0 Å². The summed E-state index contributed by atoms with van der Waals surface area (Å²) < 4.78 is 15.1. The van der Waals surface area contributed by atoms with Crippen molar-refractivity contribution in [2.45, 2.75) is 29.8 Å². The number of aromatic nitrogens is 3. The van der Waals surface area contributed by atoms with Crippen LogP contribution in [-0.2, 0) is 5.75 Å². The number of nitrogens with one attached hydrogen (secondary N) is 1. The van der Waals surface area contributed by atoms with Crippen molar-refractivity contribution in [3.05, 3.63) is 46.1 Å². The maximum atomic E-state index is 13.5. The largest absolute Gasteiger partial charge is 0.344 e. The van der Waals surface area contributed by atoms with Crippen molar-refractivity contribution in [1.82, 2.24) is 14.8 Å². The zero-order valence-corrected chi connectivity index (χ0v) is 10.4. The Labute approximate surface area is 107 Å². The lowest BCUT2D eigenvalue weighted by molar-refractivity contribution is 0.616. The molecule has 0 amide bonds. The minimum absolute atomic E-state index is 0.173. The van der Waals surface area contributed by atoms with Crippen LogP contribution in [0.15, 0.2) is 34.2 Å². The molecule has 0 atom stereocenters. The topological polar surface area (TPSA) is 50.7 Å². The molecule has 0 radical (unpaired) electrons. The average molecular weight is 265 g/mol. The lowest BCUT2D eigenvalue weighted by Crippen LogP contribution is -2.16. The summed E-state index contributed by atoms with van der Waals surface area (Å²) in [6.45, 7) is 0. The van der Waals surface area contributed by atoms with E-state index in [1.807, 2.05) is 0 Å². The molecule has 0 saturated heterocycles. The van der Waals surface area contributed by atoms with Gasteiger partial charge in [-0.25, -0.2) is 14.3 Å². The molecular weight excluding hydrogens is 253 g/mol. The van der Waals surface area contributed by atoms with Crippen molar-refractivity contribution in [1.29, 1.82) is 0 Å². The summed E-state index contributed by atoms with van der Waals surface area (Å²) in [5.74, 6) is 0.254. The van der Waals surface area contributed by atoms with Crippen LogP contribution in [0.1, 0.15) is 24.4 Å². The first kappa shape index (κ1) is 11.5. The Morgan fingerprint density at radius 3 is 2.94 bits per heavy atom. The highest BCUT2D eigenvalue weighted by Gasteiger charge is 2.28. The predicted molar refractivity (Wildman–Crippen MR) is 67.1 cm³/mol. The maximum absolute atomic E-state index is 13.5. The van der Waals surface area contributed by atoms with Gasteiger partial charge in [-0.15, -0.1) is 5.10 Å².